The Hall–Kier alpha value is -4.33. The molecule has 0 saturated heterocycles. The van der Waals surface area contributed by atoms with Gasteiger partial charge in [0.15, 0.2) is 0 Å². The first-order valence-electron chi connectivity index (χ1n) is 16.5. The first-order chi connectivity index (χ1) is 22.6. The fraction of sp³-hybridized carbons (Fsp3) is 0.300. The van der Waals surface area contributed by atoms with Gasteiger partial charge in [0.1, 0.15) is 0 Å². The van der Waals surface area contributed by atoms with Gasteiger partial charge in [-0.3, -0.25) is 4.79 Å². The Morgan fingerprint density at radius 3 is 2.06 bits per heavy atom. The molecule has 1 N–H and O–H groups in total. The third-order valence-electron chi connectivity index (χ3n) is 9.56. The lowest BCUT2D eigenvalue weighted by atomic mass is 9.75. The van der Waals surface area contributed by atoms with Gasteiger partial charge in [-0.15, -0.1) is 0 Å². The summed E-state index contributed by atoms with van der Waals surface area (Å²) in [4.78, 5) is 15.4. The zero-order chi connectivity index (χ0) is 33.1. The fourth-order valence-electron chi connectivity index (χ4n) is 6.97. The highest BCUT2D eigenvalue weighted by atomic mass is 32.2. The third kappa shape index (κ3) is 6.87. The van der Waals surface area contributed by atoms with E-state index in [0.717, 1.165) is 46.5 Å². The minimum Gasteiger partial charge on any atom is -0.272 e. The Morgan fingerprint density at radius 2 is 1.45 bits per heavy atom. The van der Waals surface area contributed by atoms with Crippen molar-refractivity contribution in [2.75, 3.05) is 0 Å². The number of aromatic nitrogens is 2. The molecule has 47 heavy (non-hydrogen) atoms. The van der Waals surface area contributed by atoms with E-state index in [2.05, 4.69) is 25.5 Å². The lowest BCUT2D eigenvalue weighted by molar-refractivity contribution is 0.0791. The molecule has 7 heteroatoms. The van der Waals surface area contributed by atoms with Crippen LogP contribution in [0.2, 0.25) is 0 Å². The van der Waals surface area contributed by atoms with Crippen LogP contribution in [0.15, 0.2) is 120 Å². The fourth-order valence-corrected chi connectivity index (χ4v) is 8.23. The predicted molar refractivity (Wildman–Crippen MR) is 188 cm³/mol. The monoisotopic (exact) mass is 645 g/mol. The van der Waals surface area contributed by atoms with Crippen molar-refractivity contribution in [3.63, 3.8) is 0 Å². The van der Waals surface area contributed by atoms with Crippen molar-refractivity contribution < 1.29 is 13.2 Å². The molecule has 4 aromatic carbocycles. The molecule has 1 aromatic heterocycles. The lowest BCUT2D eigenvalue weighted by Crippen LogP contribution is -2.40. The number of aryl methyl sites for hydroxylation is 1. The maximum atomic E-state index is 15.3. The molecule has 1 heterocycles. The van der Waals surface area contributed by atoms with Crippen LogP contribution in [0.1, 0.15) is 84.2 Å². The second-order valence-corrected chi connectivity index (χ2v) is 14.9. The van der Waals surface area contributed by atoms with E-state index in [-0.39, 0.29) is 22.6 Å². The normalized spacial score (nSPS) is 17.6. The molecule has 5 aromatic rings. The molecule has 1 aliphatic carbocycles. The summed E-state index contributed by atoms with van der Waals surface area (Å²) in [6.07, 6.45) is 2.35. The maximum Gasteiger partial charge on any atom is 0.252 e. The van der Waals surface area contributed by atoms with Crippen LogP contribution in [-0.2, 0) is 16.4 Å². The van der Waals surface area contributed by atoms with Gasteiger partial charge in [-0.05, 0) is 61.3 Å². The molecule has 0 aliphatic heterocycles. The van der Waals surface area contributed by atoms with Gasteiger partial charge in [-0.1, -0.05) is 129 Å². The molecule has 0 saturated carbocycles. The van der Waals surface area contributed by atoms with E-state index in [1.54, 1.807) is 28.9 Å². The van der Waals surface area contributed by atoms with Crippen molar-refractivity contribution in [2.45, 2.75) is 69.7 Å². The van der Waals surface area contributed by atoms with E-state index >= 15 is 4.79 Å². The molecular weight excluding hydrogens is 603 g/mol. The number of hydrogen-bond donors (Lipinski definition) is 1. The molecule has 0 fully saturated rings. The van der Waals surface area contributed by atoms with E-state index in [1.165, 1.54) is 0 Å². The number of rotatable bonds is 10. The van der Waals surface area contributed by atoms with E-state index in [4.69, 9.17) is 5.10 Å². The minimum absolute atomic E-state index is 0.156. The third-order valence-corrected chi connectivity index (χ3v) is 11.0. The van der Waals surface area contributed by atoms with Gasteiger partial charge in [-0.2, -0.15) is 9.78 Å². The van der Waals surface area contributed by atoms with E-state index in [0.29, 0.717) is 17.9 Å². The predicted octanol–water partition coefficient (Wildman–Crippen LogP) is 8.71. The van der Waals surface area contributed by atoms with Gasteiger partial charge in [-0.25, -0.2) is 13.1 Å². The maximum absolute atomic E-state index is 15.3. The molecule has 0 amide bonds. The van der Waals surface area contributed by atoms with Gasteiger partial charge in [0.25, 0.3) is 5.91 Å². The summed E-state index contributed by atoms with van der Waals surface area (Å²) in [6.45, 7) is 8.58. The van der Waals surface area contributed by atoms with Crippen LogP contribution < -0.4 is 4.72 Å². The highest BCUT2D eigenvalue weighted by molar-refractivity contribution is 7.89. The van der Waals surface area contributed by atoms with Crippen molar-refractivity contribution in [1.29, 1.82) is 0 Å². The first kappa shape index (κ1) is 32.6. The summed E-state index contributed by atoms with van der Waals surface area (Å²) in [7, 11) is -4.00. The average Bonchev–Trinajstić information content (AvgIpc) is 3.49. The highest BCUT2D eigenvalue weighted by Crippen LogP contribution is 2.46. The topological polar surface area (TPSA) is 81.1 Å². The molecule has 0 spiro atoms. The van der Waals surface area contributed by atoms with Gasteiger partial charge in [0.2, 0.25) is 10.0 Å². The largest absolute Gasteiger partial charge is 0.272 e. The zero-order valence-corrected chi connectivity index (χ0v) is 28.3. The average molecular weight is 646 g/mol. The summed E-state index contributed by atoms with van der Waals surface area (Å²) >= 11 is 0. The first-order valence-corrected chi connectivity index (χ1v) is 18.0. The zero-order valence-electron chi connectivity index (χ0n) is 27.5. The standard InChI is InChI=1S/C40H43N3O3S/c1-27(2)34-25-22-29(4)36-38(34)41-43(39(36)32-18-12-7-13-19-32)40(44)35(26-30-14-8-5-9-15-30)37(31-16-10-6-11-17-31)42-47(45,46)33-23-20-28(3)21-24-33/h5-21,23-24,27,29,34-35,37,42H,22,25-26H2,1-4H3. The van der Waals surface area contributed by atoms with Crippen LogP contribution in [0.3, 0.4) is 0 Å². The summed E-state index contributed by atoms with van der Waals surface area (Å²) in [5, 5.41) is 5.17. The van der Waals surface area contributed by atoms with Crippen LogP contribution >= 0.6 is 0 Å². The number of hydrogen-bond acceptors (Lipinski definition) is 4. The molecular formula is C40H43N3O3S. The molecule has 4 atom stereocenters. The minimum atomic E-state index is -4.00. The smallest absolute Gasteiger partial charge is 0.252 e. The second kappa shape index (κ2) is 13.8. The Bertz CT molecular complexity index is 1920. The Balaban J connectivity index is 1.55. The number of sulfonamides is 1. The summed E-state index contributed by atoms with van der Waals surface area (Å²) < 4.78 is 32.6. The number of nitrogens with zero attached hydrogens (tertiary/aromatic N) is 2. The molecule has 242 valence electrons. The number of nitrogens with one attached hydrogen (secondary N) is 1. The van der Waals surface area contributed by atoms with E-state index in [9.17, 15) is 8.42 Å². The summed E-state index contributed by atoms with van der Waals surface area (Å²) in [6, 6.07) is 35.2. The van der Waals surface area contributed by atoms with Crippen LogP contribution in [-0.4, -0.2) is 24.1 Å². The van der Waals surface area contributed by atoms with Crippen LogP contribution in [0.4, 0.5) is 0 Å². The Kier molecular flexibility index (Phi) is 9.57. The molecule has 0 bridgehead atoms. The van der Waals surface area contributed by atoms with Gasteiger partial charge in [0, 0.05) is 17.0 Å². The SMILES string of the molecule is Cc1ccc(S(=O)(=O)NC(c2ccccc2)C(Cc2ccccc2)C(=O)n2nc3c(c2-c2ccccc2)C(C)CCC3C(C)C)cc1. The van der Waals surface area contributed by atoms with E-state index in [1.807, 2.05) is 97.9 Å². The van der Waals surface area contributed by atoms with Crippen molar-refractivity contribution >= 4 is 15.9 Å². The molecule has 0 radical (unpaired) electrons. The Labute approximate surface area is 278 Å². The molecule has 6 rings (SSSR count). The van der Waals surface area contributed by atoms with Crippen molar-refractivity contribution in [1.82, 2.24) is 14.5 Å². The highest BCUT2D eigenvalue weighted by Gasteiger charge is 2.40. The summed E-state index contributed by atoms with van der Waals surface area (Å²) in [5.41, 5.74) is 6.48. The van der Waals surface area contributed by atoms with Crippen LogP contribution in [0.5, 0.6) is 0 Å². The molecule has 6 nitrogen and oxygen atoms in total. The number of fused-ring (bicyclic) bond motifs is 1. The van der Waals surface area contributed by atoms with Crippen molar-refractivity contribution in [2.24, 2.45) is 11.8 Å². The number of carbonyl (C=O) groups excluding carboxylic acids is 1. The quantitative estimate of drug-likeness (QED) is 0.165. The number of benzene rings is 4. The molecule has 4 unspecified atom stereocenters. The van der Waals surface area contributed by atoms with Gasteiger partial charge in [0.05, 0.1) is 28.2 Å². The lowest BCUT2D eigenvalue weighted by Gasteiger charge is -2.29. The second-order valence-electron chi connectivity index (χ2n) is 13.2. The van der Waals surface area contributed by atoms with Crippen LogP contribution in [0, 0.1) is 18.8 Å². The van der Waals surface area contributed by atoms with Crippen molar-refractivity contribution in [3.8, 4) is 11.3 Å². The van der Waals surface area contributed by atoms with Crippen LogP contribution in [0.25, 0.3) is 11.3 Å². The van der Waals surface area contributed by atoms with Crippen molar-refractivity contribution in [3.05, 3.63) is 143 Å². The summed E-state index contributed by atoms with van der Waals surface area (Å²) in [5.74, 6) is -0.222. The Morgan fingerprint density at radius 1 is 0.851 bits per heavy atom. The number of carbonyl (C=O) groups is 1. The van der Waals surface area contributed by atoms with Gasteiger partial charge >= 0.3 is 0 Å². The molecule has 1 aliphatic rings. The van der Waals surface area contributed by atoms with Gasteiger partial charge < -0.3 is 0 Å². The van der Waals surface area contributed by atoms with E-state index < -0.39 is 22.0 Å².